The van der Waals surface area contributed by atoms with Gasteiger partial charge in [0.1, 0.15) is 17.4 Å². The van der Waals surface area contributed by atoms with Gasteiger partial charge in [0, 0.05) is 31.3 Å². The lowest BCUT2D eigenvalue weighted by atomic mass is 10.0. The summed E-state index contributed by atoms with van der Waals surface area (Å²) in [5.41, 5.74) is 0.699. The van der Waals surface area contributed by atoms with Crippen LogP contribution in [0.1, 0.15) is 18.5 Å². The van der Waals surface area contributed by atoms with E-state index in [-0.39, 0.29) is 15.6 Å². The minimum atomic E-state index is -1.24. The number of nitrogens with zero attached hydrogens (tertiary/aromatic N) is 2. The van der Waals surface area contributed by atoms with Gasteiger partial charge in [-0.2, -0.15) is 4.39 Å². The molecule has 1 fully saturated rings. The summed E-state index contributed by atoms with van der Waals surface area (Å²) < 4.78 is 53.7. The number of hydrogen-bond acceptors (Lipinski definition) is 4. The Morgan fingerprint density at radius 3 is 2.48 bits per heavy atom. The van der Waals surface area contributed by atoms with E-state index in [0.717, 1.165) is 6.07 Å². The van der Waals surface area contributed by atoms with Crippen molar-refractivity contribution in [2.75, 3.05) is 45.3 Å². The molecule has 0 aliphatic carbocycles. The highest BCUT2D eigenvalue weighted by Gasteiger charge is 2.35. The van der Waals surface area contributed by atoms with E-state index in [0.29, 0.717) is 54.8 Å². The van der Waals surface area contributed by atoms with Gasteiger partial charge in [0.2, 0.25) is 5.82 Å². The second-order valence-electron chi connectivity index (χ2n) is 8.21. The van der Waals surface area contributed by atoms with Gasteiger partial charge in [-0.25, -0.2) is 8.78 Å². The van der Waals surface area contributed by atoms with Crippen molar-refractivity contribution in [3.8, 4) is 0 Å². The predicted molar refractivity (Wildman–Crippen MR) is 114 cm³/mol. The van der Waals surface area contributed by atoms with Crippen LogP contribution in [0.3, 0.4) is 0 Å². The maximum absolute atomic E-state index is 14.6. The van der Waals surface area contributed by atoms with E-state index in [4.69, 9.17) is 9.15 Å². The first kappa shape index (κ1) is 21.4. The van der Waals surface area contributed by atoms with E-state index < -0.39 is 23.5 Å². The molecule has 0 amide bonds. The van der Waals surface area contributed by atoms with Crippen LogP contribution < -0.4 is 14.8 Å². The molecule has 8 heteroatoms. The standard InChI is InChI=1S/C23H24F3N2O3/c1-14(28(2,3)19-12-15(24)11-18(25)22(19)26)16-5-4-6-17-20(29)13-21(31-23(16)17)27-7-9-30-10-8-27/h4-6,11-14H,7-10H2,1-3H3/q+1. The number of ether oxygens (including phenoxy) is 1. The van der Waals surface area contributed by atoms with Crippen LogP contribution in [0.2, 0.25) is 0 Å². The van der Waals surface area contributed by atoms with Crippen molar-refractivity contribution in [3.63, 3.8) is 0 Å². The fraction of sp³-hybridized carbons (Fsp3) is 0.348. The van der Waals surface area contributed by atoms with Crippen LogP contribution in [0.15, 0.2) is 45.6 Å². The molecular weight excluding hydrogens is 409 g/mol. The molecule has 5 nitrogen and oxygen atoms in total. The third-order valence-corrected chi connectivity index (χ3v) is 6.11. The van der Waals surface area contributed by atoms with Crippen molar-refractivity contribution in [2.24, 2.45) is 0 Å². The SMILES string of the molecule is CC(c1cccc2c(=O)cc(N3CCOCC3)oc12)[N+](C)(C)c1cc(F)cc(F)c1F. The quantitative estimate of drug-likeness (QED) is 0.453. The number of fused-ring (bicyclic) bond motifs is 1. The Morgan fingerprint density at radius 2 is 1.77 bits per heavy atom. The number of benzene rings is 2. The van der Waals surface area contributed by atoms with Gasteiger partial charge in [-0.3, -0.25) is 9.28 Å². The molecule has 1 aliphatic rings. The lowest BCUT2D eigenvalue weighted by Crippen LogP contribution is -2.44. The Morgan fingerprint density at radius 1 is 1.06 bits per heavy atom. The Labute approximate surface area is 177 Å². The molecule has 1 aliphatic heterocycles. The fourth-order valence-corrected chi connectivity index (χ4v) is 3.97. The van der Waals surface area contributed by atoms with Gasteiger partial charge in [0.25, 0.3) is 0 Å². The summed E-state index contributed by atoms with van der Waals surface area (Å²) >= 11 is 0. The highest BCUT2D eigenvalue weighted by molar-refractivity contribution is 5.81. The molecule has 1 atom stereocenters. The first-order chi connectivity index (χ1) is 14.7. The molecule has 1 aromatic heterocycles. The van der Waals surface area contributed by atoms with E-state index in [1.165, 1.54) is 6.07 Å². The summed E-state index contributed by atoms with van der Waals surface area (Å²) in [6.45, 7) is 4.07. The summed E-state index contributed by atoms with van der Waals surface area (Å²) in [6.07, 6.45) is 0. The largest absolute Gasteiger partial charge is 0.440 e. The molecule has 31 heavy (non-hydrogen) atoms. The third-order valence-electron chi connectivity index (χ3n) is 6.11. The van der Waals surface area contributed by atoms with Crippen LogP contribution in [0, 0.1) is 17.5 Å². The maximum atomic E-state index is 14.6. The first-order valence-corrected chi connectivity index (χ1v) is 10.1. The van der Waals surface area contributed by atoms with Crippen LogP contribution in [0.25, 0.3) is 11.0 Å². The Kier molecular flexibility index (Phi) is 5.53. The van der Waals surface area contributed by atoms with Crippen LogP contribution in [0.5, 0.6) is 0 Å². The summed E-state index contributed by atoms with van der Waals surface area (Å²) in [5, 5.41) is 0.396. The Hall–Kier alpha value is -2.84. The van der Waals surface area contributed by atoms with E-state index in [2.05, 4.69) is 0 Å². The second-order valence-corrected chi connectivity index (χ2v) is 8.21. The summed E-state index contributed by atoms with van der Waals surface area (Å²) in [6, 6.07) is 7.67. The molecule has 4 rings (SSSR count). The average molecular weight is 433 g/mol. The Bertz CT molecular complexity index is 1190. The normalized spacial score (nSPS) is 16.0. The summed E-state index contributed by atoms with van der Waals surface area (Å²) in [7, 11) is 3.31. The van der Waals surface area contributed by atoms with Crippen LogP contribution in [-0.4, -0.2) is 40.4 Å². The topological polar surface area (TPSA) is 42.7 Å². The minimum absolute atomic E-state index is 0.131. The minimum Gasteiger partial charge on any atom is -0.440 e. The Balaban J connectivity index is 1.85. The predicted octanol–water partition coefficient (Wildman–Crippen LogP) is 4.38. The van der Waals surface area contributed by atoms with Crippen molar-refractivity contribution in [3.05, 3.63) is 69.6 Å². The molecule has 2 aromatic carbocycles. The van der Waals surface area contributed by atoms with E-state index in [9.17, 15) is 18.0 Å². The average Bonchev–Trinajstić information content (AvgIpc) is 2.75. The number of rotatable bonds is 4. The number of para-hydroxylation sites is 1. The molecule has 2 heterocycles. The molecular formula is C23H24F3N2O3+. The molecule has 164 valence electrons. The van der Waals surface area contributed by atoms with Crippen molar-refractivity contribution in [1.29, 1.82) is 0 Å². The third kappa shape index (κ3) is 3.81. The zero-order chi connectivity index (χ0) is 22.3. The lowest BCUT2D eigenvalue weighted by molar-refractivity contribution is 0.121. The smallest absolute Gasteiger partial charge is 0.219 e. The number of hydrogen-bond donors (Lipinski definition) is 0. The number of morpholine rings is 1. The molecule has 0 radical (unpaired) electrons. The highest BCUT2D eigenvalue weighted by Crippen LogP contribution is 2.37. The molecule has 0 saturated carbocycles. The van der Waals surface area contributed by atoms with Crippen molar-refractivity contribution in [1.82, 2.24) is 4.48 Å². The molecule has 0 spiro atoms. The first-order valence-electron chi connectivity index (χ1n) is 10.1. The van der Waals surface area contributed by atoms with Gasteiger partial charge < -0.3 is 14.1 Å². The van der Waals surface area contributed by atoms with Gasteiger partial charge >= 0.3 is 0 Å². The van der Waals surface area contributed by atoms with E-state index in [1.54, 1.807) is 39.2 Å². The highest BCUT2D eigenvalue weighted by atomic mass is 19.2. The van der Waals surface area contributed by atoms with Crippen molar-refractivity contribution in [2.45, 2.75) is 13.0 Å². The van der Waals surface area contributed by atoms with Gasteiger partial charge in [-0.15, -0.1) is 0 Å². The zero-order valence-electron chi connectivity index (χ0n) is 17.6. The van der Waals surface area contributed by atoms with Crippen LogP contribution in [-0.2, 0) is 4.74 Å². The van der Waals surface area contributed by atoms with E-state index >= 15 is 0 Å². The van der Waals surface area contributed by atoms with Crippen LogP contribution >= 0.6 is 0 Å². The number of anilines is 1. The molecule has 3 aromatic rings. The zero-order valence-corrected chi connectivity index (χ0v) is 17.6. The van der Waals surface area contributed by atoms with Gasteiger partial charge in [-0.1, -0.05) is 6.07 Å². The molecule has 1 saturated heterocycles. The van der Waals surface area contributed by atoms with Crippen LogP contribution in [0.4, 0.5) is 24.7 Å². The summed E-state index contributed by atoms with van der Waals surface area (Å²) in [5.74, 6) is -2.76. The van der Waals surface area contributed by atoms with Gasteiger partial charge in [0.05, 0.1) is 38.3 Å². The molecule has 1 unspecified atom stereocenters. The second kappa shape index (κ2) is 8.01. The van der Waals surface area contributed by atoms with E-state index in [1.807, 2.05) is 4.90 Å². The number of halogens is 3. The van der Waals surface area contributed by atoms with Crippen molar-refractivity contribution >= 4 is 22.5 Å². The summed E-state index contributed by atoms with van der Waals surface area (Å²) in [4.78, 5) is 14.7. The van der Waals surface area contributed by atoms with Gasteiger partial charge in [0.15, 0.2) is 22.8 Å². The monoisotopic (exact) mass is 433 g/mol. The van der Waals surface area contributed by atoms with Crippen molar-refractivity contribution < 1.29 is 22.3 Å². The molecule has 0 N–H and O–H groups in total. The maximum Gasteiger partial charge on any atom is 0.219 e. The number of quaternary nitrogens is 1. The van der Waals surface area contributed by atoms with Gasteiger partial charge in [-0.05, 0) is 19.1 Å². The fourth-order valence-electron chi connectivity index (χ4n) is 3.97. The lowest BCUT2D eigenvalue weighted by Gasteiger charge is -2.36. The molecule has 0 bridgehead atoms.